The average molecular weight is 236 g/mol. The lowest BCUT2D eigenvalue weighted by Gasteiger charge is -1.97. The third-order valence-corrected chi connectivity index (χ3v) is 1.60. The fourth-order valence-corrected chi connectivity index (χ4v) is 0.778. The SMILES string of the molecule is CCCCC(O)O.O=C(O)CCCC(=O)O. The number of carbonyl (C=O) groups is 2. The van der Waals surface area contributed by atoms with E-state index in [9.17, 15) is 9.59 Å². The molecule has 16 heavy (non-hydrogen) atoms. The zero-order chi connectivity index (χ0) is 13.0. The second kappa shape index (κ2) is 11.9. The lowest BCUT2D eigenvalue weighted by atomic mass is 10.2. The van der Waals surface area contributed by atoms with Crippen molar-refractivity contribution >= 4 is 11.9 Å². The lowest BCUT2D eigenvalue weighted by Crippen LogP contribution is -2.02. The summed E-state index contributed by atoms with van der Waals surface area (Å²) in [6.45, 7) is 2.02. The molecule has 96 valence electrons. The third kappa shape index (κ3) is 23.0. The summed E-state index contributed by atoms with van der Waals surface area (Å²) in [4.78, 5) is 19.6. The zero-order valence-electron chi connectivity index (χ0n) is 9.43. The Labute approximate surface area is 94.5 Å². The number of aliphatic carboxylic acids is 2. The Kier molecular flexibility index (Phi) is 12.9. The maximum Gasteiger partial charge on any atom is 0.303 e. The van der Waals surface area contributed by atoms with Gasteiger partial charge in [0.25, 0.3) is 0 Å². The molecule has 6 heteroatoms. The predicted molar refractivity (Wildman–Crippen MR) is 56.9 cm³/mol. The summed E-state index contributed by atoms with van der Waals surface area (Å²) in [7, 11) is 0. The Bertz CT molecular complexity index is 176. The highest BCUT2D eigenvalue weighted by Crippen LogP contribution is 1.95. The molecule has 0 aliphatic rings. The van der Waals surface area contributed by atoms with Crippen LogP contribution in [-0.2, 0) is 9.59 Å². The molecule has 0 heterocycles. The minimum Gasteiger partial charge on any atom is -0.481 e. The smallest absolute Gasteiger partial charge is 0.303 e. The minimum atomic E-state index is -1.10. The Morgan fingerprint density at radius 3 is 1.62 bits per heavy atom. The quantitative estimate of drug-likeness (QED) is 0.486. The van der Waals surface area contributed by atoms with Gasteiger partial charge in [0.15, 0.2) is 6.29 Å². The first-order valence-corrected chi connectivity index (χ1v) is 5.19. The molecule has 0 aliphatic carbocycles. The van der Waals surface area contributed by atoms with Crippen molar-refractivity contribution in [3.05, 3.63) is 0 Å². The Morgan fingerprint density at radius 2 is 1.44 bits per heavy atom. The van der Waals surface area contributed by atoms with Crippen LogP contribution in [-0.4, -0.2) is 38.7 Å². The fourth-order valence-electron chi connectivity index (χ4n) is 0.778. The number of carboxylic acids is 2. The molecule has 0 rings (SSSR count). The molecule has 0 spiro atoms. The van der Waals surface area contributed by atoms with Gasteiger partial charge < -0.3 is 20.4 Å². The van der Waals surface area contributed by atoms with E-state index < -0.39 is 18.2 Å². The van der Waals surface area contributed by atoms with E-state index in [4.69, 9.17) is 20.4 Å². The molecule has 0 aromatic heterocycles. The summed E-state index contributed by atoms with van der Waals surface area (Å²) >= 11 is 0. The van der Waals surface area contributed by atoms with Gasteiger partial charge in [0.05, 0.1) is 0 Å². The first-order valence-electron chi connectivity index (χ1n) is 5.19. The van der Waals surface area contributed by atoms with Crippen LogP contribution in [0, 0.1) is 0 Å². The van der Waals surface area contributed by atoms with Gasteiger partial charge in [-0.15, -0.1) is 0 Å². The van der Waals surface area contributed by atoms with E-state index in [0.717, 1.165) is 12.8 Å². The van der Waals surface area contributed by atoms with E-state index in [-0.39, 0.29) is 19.3 Å². The first-order chi connectivity index (χ1) is 7.40. The first kappa shape index (κ1) is 17.3. The van der Waals surface area contributed by atoms with Crippen molar-refractivity contribution in [3.8, 4) is 0 Å². The van der Waals surface area contributed by atoms with Crippen LogP contribution >= 0.6 is 0 Å². The van der Waals surface area contributed by atoms with E-state index in [1.54, 1.807) is 0 Å². The van der Waals surface area contributed by atoms with Crippen LogP contribution in [0.3, 0.4) is 0 Å². The summed E-state index contributed by atoms with van der Waals surface area (Å²) < 4.78 is 0. The molecule has 0 fully saturated rings. The Hall–Kier alpha value is -1.14. The highest BCUT2D eigenvalue weighted by atomic mass is 16.5. The van der Waals surface area contributed by atoms with Crippen molar-refractivity contribution in [2.24, 2.45) is 0 Å². The summed E-state index contributed by atoms with van der Waals surface area (Å²) in [5.41, 5.74) is 0. The molecule has 0 aromatic carbocycles. The van der Waals surface area contributed by atoms with Gasteiger partial charge in [-0.3, -0.25) is 9.59 Å². The van der Waals surface area contributed by atoms with Gasteiger partial charge in [0, 0.05) is 12.8 Å². The van der Waals surface area contributed by atoms with Gasteiger partial charge in [0.2, 0.25) is 0 Å². The molecule has 0 amide bonds. The van der Waals surface area contributed by atoms with E-state index in [0.29, 0.717) is 6.42 Å². The Balaban J connectivity index is 0. The summed E-state index contributed by atoms with van der Waals surface area (Å²) in [6.07, 6.45) is 1.43. The van der Waals surface area contributed by atoms with Crippen molar-refractivity contribution in [1.82, 2.24) is 0 Å². The molecule has 0 aromatic rings. The van der Waals surface area contributed by atoms with Crippen LogP contribution < -0.4 is 0 Å². The Morgan fingerprint density at radius 1 is 1.00 bits per heavy atom. The van der Waals surface area contributed by atoms with Gasteiger partial charge in [-0.25, -0.2) is 0 Å². The molecule has 0 saturated heterocycles. The molecule has 0 aliphatic heterocycles. The topological polar surface area (TPSA) is 115 Å². The van der Waals surface area contributed by atoms with Gasteiger partial charge in [-0.2, -0.15) is 0 Å². The van der Waals surface area contributed by atoms with Gasteiger partial charge in [-0.1, -0.05) is 13.3 Å². The summed E-state index contributed by atoms with van der Waals surface area (Å²) in [5.74, 6) is -1.90. The lowest BCUT2D eigenvalue weighted by molar-refractivity contribution is -0.138. The zero-order valence-corrected chi connectivity index (χ0v) is 9.43. The van der Waals surface area contributed by atoms with Crippen LogP contribution in [0.1, 0.15) is 45.4 Å². The summed E-state index contributed by atoms with van der Waals surface area (Å²) in [6, 6.07) is 0. The average Bonchev–Trinajstić information content (AvgIpc) is 2.14. The van der Waals surface area contributed by atoms with Gasteiger partial charge >= 0.3 is 11.9 Å². The minimum absolute atomic E-state index is 0.0632. The molecule has 0 unspecified atom stereocenters. The van der Waals surface area contributed by atoms with E-state index in [1.165, 1.54) is 0 Å². The maximum atomic E-state index is 9.79. The maximum absolute atomic E-state index is 9.79. The van der Waals surface area contributed by atoms with Crippen LogP contribution in [0.2, 0.25) is 0 Å². The molecule has 0 saturated carbocycles. The molecular weight excluding hydrogens is 216 g/mol. The number of hydrogen-bond donors (Lipinski definition) is 4. The van der Waals surface area contributed by atoms with Gasteiger partial charge in [-0.05, 0) is 19.3 Å². The molecule has 6 nitrogen and oxygen atoms in total. The van der Waals surface area contributed by atoms with Crippen molar-refractivity contribution < 1.29 is 30.0 Å². The van der Waals surface area contributed by atoms with E-state index in [2.05, 4.69) is 0 Å². The van der Waals surface area contributed by atoms with Crippen molar-refractivity contribution in [2.45, 2.75) is 51.7 Å². The number of hydrogen-bond acceptors (Lipinski definition) is 4. The van der Waals surface area contributed by atoms with Crippen LogP contribution in [0.15, 0.2) is 0 Å². The number of carboxylic acid groups (broad SMARTS) is 2. The van der Waals surface area contributed by atoms with Crippen LogP contribution in [0.25, 0.3) is 0 Å². The number of aliphatic hydroxyl groups is 2. The van der Waals surface area contributed by atoms with Crippen LogP contribution in [0.5, 0.6) is 0 Å². The highest BCUT2D eigenvalue weighted by Gasteiger charge is 1.99. The second-order valence-electron chi connectivity index (χ2n) is 3.26. The second-order valence-corrected chi connectivity index (χ2v) is 3.26. The van der Waals surface area contributed by atoms with Crippen LogP contribution in [0.4, 0.5) is 0 Å². The highest BCUT2D eigenvalue weighted by molar-refractivity contribution is 5.69. The third-order valence-electron chi connectivity index (χ3n) is 1.60. The fraction of sp³-hybridized carbons (Fsp3) is 0.800. The number of aliphatic hydroxyl groups excluding tert-OH is 1. The monoisotopic (exact) mass is 236 g/mol. The number of unbranched alkanes of at least 4 members (excludes halogenated alkanes) is 1. The molecule has 4 N–H and O–H groups in total. The van der Waals surface area contributed by atoms with E-state index >= 15 is 0 Å². The van der Waals surface area contributed by atoms with Crippen molar-refractivity contribution in [1.29, 1.82) is 0 Å². The molecular formula is C10H20O6. The molecule has 0 bridgehead atoms. The summed E-state index contributed by atoms with van der Waals surface area (Å²) in [5, 5.41) is 32.5. The predicted octanol–water partition coefficient (Wildman–Crippen LogP) is 0.813. The molecule has 0 radical (unpaired) electrons. The normalized spacial score (nSPS) is 9.50. The van der Waals surface area contributed by atoms with Crippen molar-refractivity contribution in [3.63, 3.8) is 0 Å². The largest absolute Gasteiger partial charge is 0.481 e. The van der Waals surface area contributed by atoms with Crippen molar-refractivity contribution in [2.75, 3.05) is 0 Å². The van der Waals surface area contributed by atoms with E-state index in [1.807, 2.05) is 6.92 Å². The number of rotatable bonds is 7. The van der Waals surface area contributed by atoms with Gasteiger partial charge in [0.1, 0.15) is 0 Å². The molecule has 0 atom stereocenters. The standard InChI is InChI=1S/C5H8O4.C5H12O2/c6-4(7)2-1-3-5(8)9;1-2-3-4-5(6)7/h1-3H2,(H,6,7)(H,8,9);5-7H,2-4H2,1H3.